The van der Waals surface area contributed by atoms with Crippen LogP contribution in [0.4, 0.5) is 0 Å². The van der Waals surface area contributed by atoms with Gasteiger partial charge >= 0.3 is 0 Å². The molecular weight excluding hydrogens is 216 g/mol. The van der Waals surface area contributed by atoms with E-state index in [2.05, 4.69) is 46.6 Å². The molecule has 0 radical (unpaired) electrons. The van der Waals surface area contributed by atoms with Crippen molar-refractivity contribution in [2.24, 2.45) is 0 Å². The molecule has 0 heterocycles. The van der Waals surface area contributed by atoms with Crippen molar-refractivity contribution in [2.45, 2.75) is 0 Å². The Labute approximate surface area is 108 Å². The number of hydrogen-bond donors (Lipinski definition) is 0. The summed E-state index contributed by atoms with van der Waals surface area (Å²) in [4.78, 5) is 0. The van der Waals surface area contributed by atoms with Gasteiger partial charge in [0.2, 0.25) is 0 Å². The second-order valence-electron chi connectivity index (χ2n) is 2.90. The molecule has 1 rings (SSSR count). The van der Waals surface area contributed by atoms with E-state index in [4.69, 9.17) is 0 Å². The van der Waals surface area contributed by atoms with Crippen LogP contribution in [0.15, 0.2) is 83.7 Å². The minimum atomic E-state index is 1.73. The summed E-state index contributed by atoms with van der Waals surface area (Å²) < 4.78 is 0. The van der Waals surface area contributed by atoms with Crippen molar-refractivity contribution in [2.75, 3.05) is 0 Å². The van der Waals surface area contributed by atoms with Gasteiger partial charge in [0.25, 0.3) is 0 Å². The van der Waals surface area contributed by atoms with E-state index in [-0.39, 0.29) is 0 Å². The Balaban J connectivity index is 2.98. The molecule has 0 amide bonds. The summed E-state index contributed by atoms with van der Waals surface area (Å²) >= 11 is 0. The third kappa shape index (κ3) is 8.26. The normalized spacial score (nSPS) is 12.4. The Morgan fingerprint density at radius 2 is 1.00 bits per heavy atom. The van der Waals surface area contributed by atoms with Crippen LogP contribution in [-0.4, -0.2) is 0 Å². The average Bonchev–Trinajstić information content (AvgIpc) is 2.39. The third-order valence-electron chi connectivity index (χ3n) is 1.58. The zero-order chi connectivity index (χ0) is 12.7. The zero-order valence-electron chi connectivity index (χ0n) is 9.77. The zero-order valence-corrected chi connectivity index (χ0v) is 9.77. The minimum absolute atomic E-state index is 1.73. The first kappa shape index (κ1) is 13.0. The molecule has 0 aromatic rings. The SMILES string of the molecule is C1=C=C=CC=CC=CC#CC#CC=CC=CC=C=1. The van der Waals surface area contributed by atoms with Crippen molar-refractivity contribution in [3.63, 3.8) is 0 Å². The fourth-order valence-electron chi connectivity index (χ4n) is 0.854. The van der Waals surface area contributed by atoms with Crippen LogP contribution in [-0.2, 0) is 0 Å². The van der Waals surface area contributed by atoms with Crippen molar-refractivity contribution >= 4 is 0 Å². The second-order valence-corrected chi connectivity index (χ2v) is 2.90. The van der Waals surface area contributed by atoms with Gasteiger partial charge in [0, 0.05) is 0 Å². The highest BCUT2D eigenvalue weighted by atomic mass is 13.7. The molecule has 1 aliphatic carbocycles. The standard InChI is InChI=1S/C18H10/c1-2-4-6-8-10-12-14-16-18-17-15-13-11-9-7-5-3-1/h1-5,14-18H. The smallest absolute Gasteiger partial charge is 0.0102 e. The molecule has 0 bridgehead atoms. The molecule has 18 heavy (non-hydrogen) atoms. The van der Waals surface area contributed by atoms with Gasteiger partial charge in [-0.1, -0.05) is 59.8 Å². The van der Waals surface area contributed by atoms with Crippen LogP contribution in [0.5, 0.6) is 0 Å². The van der Waals surface area contributed by atoms with Crippen LogP contribution in [0.2, 0.25) is 0 Å². The Kier molecular flexibility index (Phi) is 7.56. The van der Waals surface area contributed by atoms with Crippen molar-refractivity contribution in [1.29, 1.82) is 0 Å². The van der Waals surface area contributed by atoms with Crippen LogP contribution < -0.4 is 0 Å². The quantitative estimate of drug-likeness (QED) is 0.438. The van der Waals surface area contributed by atoms with Gasteiger partial charge in [-0.15, -0.1) is 0 Å². The maximum atomic E-state index is 2.80. The highest BCUT2D eigenvalue weighted by Crippen LogP contribution is 1.79. The van der Waals surface area contributed by atoms with Crippen molar-refractivity contribution in [3.8, 4) is 23.7 Å². The summed E-state index contributed by atoms with van der Waals surface area (Å²) in [5.41, 5.74) is 11.0. The van der Waals surface area contributed by atoms with E-state index in [1.54, 1.807) is 24.3 Å². The number of hydrogen-bond acceptors (Lipinski definition) is 0. The summed E-state index contributed by atoms with van der Waals surface area (Å²) in [6.07, 6.45) is 17.9. The molecular formula is C18H10. The molecule has 0 nitrogen and oxygen atoms in total. The molecule has 0 saturated heterocycles. The second kappa shape index (κ2) is 10.5. The van der Waals surface area contributed by atoms with Crippen LogP contribution in [0.25, 0.3) is 0 Å². The van der Waals surface area contributed by atoms with Gasteiger partial charge in [0.1, 0.15) is 0 Å². The highest BCUT2D eigenvalue weighted by Gasteiger charge is 1.62. The van der Waals surface area contributed by atoms with Gasteiger partial charge in [-0.25, -0.2) is 0 Å². The van der Waals surface area contributed by atoms with Crippen LogP contribution in [0, 0.1) is 23.7 Å². The summed E-state index contributed by atoms with van der Waals surface area (Å²) in [6, 6.07) is 0. The molecule has 0 fully saturated rings. The van der Waals surface area contributed by atoms with E-state index in [1.165, 1.54) is 0 Å². The molecule has 82 valence electrons. The lowest BCUT2D eigenvalue weighted by Crippen LogP contribution is -1.54. The van der Waals surface area contributed by atoms with Crippen LogP contribution in [0.1, 0.15) is 0 Å². The van der Waals surface area contributed by atoms with Gasteiger partial charge in [-0.2, -0.15) is 0 Å². The van der Waals surface area contributed by atoms with Gasteiger partial charge in [-0.05, 0) is 47.6 Å². The van der Waals surface area contributed by atoms with E-state index < -0.39 is 0 Å². The summed E-state index contributed by atoms with van der Waals surface area (Å²) in [6.45, 7) is 0. The maximum absolute atomic E-state index is 2.80. The van der Waals surface area contributed by atoms with Gasteiger partial charge in [0.15, 0.2) is 0 Å². The Morgan fingerprint density at radius 3 is 1.50 bits per heavy atom. The Bertz CT molecular complexity index is 611. The molecule has 0 spiro atoms. The topological polar surface area (TPSA) is 0 Å². The first-order valence-corrected chi connectivity index (χ1v) is 5.32. The molecule has 0 aliphatic heterocycles. The summed E-state index contributed by atoms with van der Waals surface area (Å²) in [7, 11) is 0. The molecule has 1 aliphatic rings. The minimum Gasteiger partial charge on any atom is -0.0610 e. The maximum Gasteiger partial charge on any atom is -0.0102 e. The van der Waals surface area contributed by atoms with Crippen molar-refractivity contribution in [1.82, 2.24) is 0 Å². The highest BCUT2D eigenvalue weighted by molar-refractivity contribution is 5.35. The Morgan fingerprint density at radius 1 is 0.500 bits per heavy atom. The molecule has 0 aromatic heterocycles. The van der Waals surface area contributed by atoms with Crippen molar-refractivity contribution < 1.29 is 0 Å². The largest absolute Gasteiger partial charge is 0.0610 e. The van der Waals surface area contributed by atoms with Crippen molar-refractivity contribution in [3.05, 3.63) is 83.7 Å². The molecule has 0 saturated carbocycles. The van der Waals surface area contributed by atoms with Crippen LogP contribution >= 0.6 is 0 Å². The lowest BCUT2D eigenvalue weighted by atomic mass is 10.4. The predicted molar refractivity (Wildman–Crippen MR) is 75.3 cm³/mol. The average molecular weight is 226 g/mol. The van der Waals surface area contributed by atoms with E-state index in [0.29, 0.717) is 0 Å². The lowest BCUT2D eigenvalue weighted by molar-refractivity contribution is 1.91. The lowest BCUT2D eigenvalue weighted by Gasteiger charge is -1.68. The summed E-state index contributed by atoms with van der Waals surface area (Å²) in [5, 5.41) is 0. The number of rotatable bonds is 0. The monoisotopic (exact) mass is 226 g/mol. The van der Waals surface area contributed by atoms with Crippen LogP contribution in [0.3, 0.4) is 0 Å². The van der Waals surface area contributed by atoms with E-state index in [9.17, 15) is 0 Å². The molecule has 0 heteroatoms. The van der Waals surface area contributed by atoms with Gasteiger partial charge in [0.05, 0.1) is 0 Å². The van der Waals surface area contributed by atoms with E-state index in [0.717, 1.165) is 0 Å². The van der Waals surface area contributed by atoms with E-state index in [1.807, 2.05) is 36.5 Å². The molecule has 0 N–H and O–H groups in total. The first-order valence-electron chi connectivity index (χ1n) is 5.32. The molecule has 0 atom stereocenters. The van der Waals surface area contributed by atoms with Gasteiger partial charge in [-0.3, -0.25) is 0 Å². The fourth-order valence-corrected chi connectivity index (χ4v) is 0.854. The molecule has 0 unspecified atom stereocenters. The fraction of sp³-hybridized carbons (Fsp3) is 0. The number of allylic oxidation sites excluding steroid dienone is 10. The first-order chi connectivity index (χ1) is 9.00. The Hall–Kier alpha value is -3.06. The third-order valence-corrected chi connectivity index (χ3v) is 1.58. The van der Waals surface area contributed by atoms with E-state index >= 15 is 0 Å². The summed E-state index contributed by atoms with van der Waals surface area (Å²) in [5.74, 6) is 11.0. The van der Waals surface area contributed by atoms with Gasteiger partial charge < -0.3 is 0 Å². The predicted octanol–water partition coefficient (Wildman–Crippen LogP) is 3.41. The molecule has 0 aromatic carbocycles.